The van der Waals surface area contributed by atoms with Crippen molar-refractivity contribution in [1.82, 2.24) is 19.9 Å². The molecule has 6 aromatic carbocycles. The first-order chi connectivity index (χ1) is 32.6. The number of hydrogen-bond donors (Lipinski definition) is 2. The summed E-state index contributed by atoms with van der Waals surface area (Å²) >= 11 is 0. The Morgan fingerprint density at radius 3 is 1.85 bits per heavy atom. The molecular formula is C60H48N4O2. The molecule has 5 heterocycles. The van der Waals surface area contributed by atoms with E-state index < -0.39 is 0 Å². The fraction of sp³-hybridized carbons (Fsp3) is 0.100. The van der Waals surface area contributed by atoms with E-state index in [1.807, 2.05) is 12.1 Å². The van der Waals surface area contributed by atoms with E-state index in [0.717, 1.165) is 114 Å². The summed E-state index contributed by atoms with van der Waals surface area (Å²) in [5, 5.41) is 2.38. The van der Waals surface area contributed by atoms with Crippen LogP contribution in [0.15, 0.2) is 182 Å². The highest BCUT2D eigenvalue weighted by Crippen LogP contribution is 2.39. The minimum atomic E-state index is 0.0405. The number of ether oxygens (including phenoxy) is 2. The molecule has 2 aliphatic rings. The fourth-order valence-electron chi connectivity index (χ4n) is 9.16. The van der Waals surface area contributed by atoms with Gasteiger partial charge in [0.15, 0.2) is 5.75 Å². The van der Waals surface area contributed by atoms with Gasteiger partial charge in [-0.25, -0.2) is 9.97 Å². The zero-order valence-electron chi connectivity index (χ0n) is 36.7. The van der Waals surface area contributed by atoms with Crippen LogP contribution >= 0.6 is 0 Å². The standard InChI is InChI=1S/C60H48N4O2/c1-2-49(66-50-29-27-41-18-12-13-23-45(41)37-50)26-15-35-65-60-56-34-33-55(64-56)58(43-21-10-5-11-22-43)54-32-31-53(63-54)57(42-19-8-4-9-20-42)52-30-28-47(61-52)38-48-39-51(59(60)62-48)46-25-14-24-44(36-46)40-16-6-3-7-17-40/h3-14,16-25,27-34,36-39,49,62-63H,2,15,26,35H2,1H3. The molecule has 1 atom stereocenters. The average Bonchev–Trinajstić information content (AvgIpc) is 4.22. The van der Waals surface area contributed by atoms with Crippen molar-refractivity contribution in [3.05, 3.63) is 205 Å². The predicted molar refractivity (Wildman–Crippen MR) is 274 cm³/mol. The van der Waals surface area contributed by atoms with Crippen molar-refractivity contribution < 1.29 is 9.47 Å². The van der Waals surface area contributed by atoms with E-state index in [0.29, 0.717) is 12.4 Å². The van der Waals surface area contributed by atoms with Crippen molar-refractivity contribution in [2.75, 3.05) is 6.61 Å². The maximum Gasteiger partial charge on any atom is 0.168 e. The molecule has 320 valence electrons. The molecule has 0 aliphatic carbocycles. The summed E-state index contributed by atoms with van der Waals surface area (Å²) in [6.07, 6.45) is 11.0. The van der Waals surface area contributed by atoms with Crippen molar-refractivity contribution in [1.29, 1.82) is 0 Å². The van der Waals surface area contributed by atoms with Gasteiger partial charge in [0, 0.05) is 33.2 Å². The molecule has 0 amide bonds. The number of benzene rings is 6. The maximum atomic E-state index is 7.04. The summed E-state index contributed by atoms with van der Waals surface area (Å²) in [6.45, 7) is 2.65. The molecule has 0 spiro atoms. The Kier molecular flexibility index (Phi) is 11.1. The van der Waals surface area contributed by atoms with Gasteiger partial charge < -0.3 is 19.4 Å². The quantitative estimate of drug-likeness (QED) is 0.120. The predicted octanol–water partition coefficient (Wildman–Crippen LogP) is 15.5. The third-order valence-corrected chi connectivity index (χ3v) is 12.4. The SMILES string of the molecule is CCC(CCCOc1c2nc(c(-c3ccccc3)c3ccc([nH]3)c(-c3ccccc3)c3nc(cc4cc(-c5cccc(-c6ccccc6)c5)c1[nH]4)C=C3)C=C2)Oc1ccc2ccccc2c1. The van der Waals surface area contributed by atoms with Gasteiger partial charge in [-0.1, -0.05) is 146 Å². The van der Waals surface area contributed by atoms with Crippen LogP contribution in [0.2, 0.25) is 0 Å². The van der Waals surface area contributed by atoms with Gasteiger partial charge in [-0.15, -0.1) is 0 Å². The smallest absolute Gasteiger partial charge is 0.168 e. The van der Waals surface area contributed by atoms with Crippen molar-refractivity contribution >= 4 is 57.1 Å². The summed E-state index contributed by atoms with van der Waals surface area (Å²) in [5.41, 5.74) is 15.5. The topological polar surface area (TPSA) is 75.8 Å². The van der Waals surface area contributed by atoms with Gasteiger partial charge in [-0.2, -0.15) is 0 Å². The number of H-pyrrole nitrogens is 2. The average molecular weight is 857 g/mol. The maximum absolute atomic E-state index is 7.04. The first-order valence-electron chi connectivity index (χ1n) is 22.9. The van der Waals surface area contributed by atoms with Crippen LogP contribution in [0, 0.1) is 0 Å². The Labute approximate surface area is 384 Å². The second-order valence-electron chi connectivity index (χ2n) is 16.8. The Balaban J connectivity index is 1.08. The van der Waals surface area contributed by atoms with Crippen LogP contribution in [0.25, 0.3) is 102 Å². The second-order valence-corrected chi connectivity index (χ2v) is 16.8. The van der Waals surface area contributed by atoms with Crippen LogP contribution < -0.4 is 9.47 Å². The van der Waals surface area contributed by atoms with E-state index in [-0.39, 0.29) is 6.10 Å². The molecule has 3 aromatic heterocycles. The van der Waals surface area contributed by atoms with Crippen LogP contribution in [0.3, 0.4) is 0 Å². The van der Waals surface area contributed by atoms with E-state index in [1.165, 1.54) is 10.8 Å². The summed E-state index contributed by atoms with van der Waals surface area (Å²) < 4.78 is 13.6. The Morgan fingerprint density at radius 1 is 0.500 bits per heavy atom. The van der Waals surface area contributed by atoms with E-state index in [9.17, 15) is 0 Å². The third-order valence-electron chi connectivity index (χ3n) is 12.4. The molecule has 6 heteroatoms. The van der Waals surface area contributed by atoms with Gasteiger partial charge >= 0.3 is 0 Å². The molecule has 9 aromatic rings. The number of fused-ring (bicyclic) bond motifs is 9. The van der Waals surface area contributed by atoms with Gasteiger partial charge in [-0.3, -0.25) is 0 Å². The van der Waals surface area contributed by atoms with Gasteiger partial charge in [0.2, 0.25) is 0 Å². The largest absolute Gasteiger partial charge is 0.490 e. The monoisotopic (exact) mass is 856 g/mol. The highest BCUT2D eigenvalue weighted by Gasteiger charge is 2.20. The summed E-state index contributed by atoms with van der Waals surface area (Å²) in [4.78, 5) is 18.3. The normalized spacial score (nSPS) is 12.4. The van der Waals surface area contributed by atoms with Crippen LogP contribution in [0.4, 0.5) is 0 Å². The van der Waals surface area contributed by atoms with Crippen molar-refractivity contribution in [2.45, 2.75) is 32.3 Å². The zero-order chi connectivity index (χ0) is 44.2. The summed E-state index contributed by atoms with van der Waals surface area (Å²) in [5.74, 6) is 1.58. The van der Waals surface area contributed by atoms with E-state index in [4.69, 9.17) is 19.4 Å². The Morgan fingerprint density at radius 2 is 1.12 bits per heavy atom. The lowest BCUT2D eigenvalue weighted by Gasteiger charge is -2.18. The molecule has 66 heavy (non-hydrogen) atoms. The molecule has 8 bridgehead atoms. The van der Waals surface area contributed by atoms with E-state index in [1.54, 1.807) is 0 Å². The lowest BCUT2D eigenvalue weighted by Crippen LogP contribution is -2.16. The summed E-state index contributed by atoms with van der Waals surface area (Å²) in [7, 11) is 0. The molecule has 0 saturated carbocycles. The van der Waals surface area contributed by atoms with Crippen LogP contribution in [0.5, 0.6) is 11.5 Å². The molecule has 6 nitrogen and oxygen atoms in total. The zero-order valence-corrected chi connectivity index (χ0v) is 36.7. The van der Waals surface area contributed by atoms with Gasteiger partial charge in [-0.05, 0) is 125 Å². The van der Waals surface area contributed by atoms with Gasteiger partial charge in [0.1, 0.15) is 11.4 Å². The molecule has 0 radical (unpaired) electrons. The molecule has 0 saturated heterocycles. The molecule has 11 rings (SSSR count). The second kappa shape index (κ2) is 18.1. The number of nitrogens with one attached hydrogen (secondary N) is 2. The minimum absolute atomic E-state index is 0.0405. The number of hydrogen-bond acceptors (Lipinski definition) is 4. The molecule has 1 unspecified atom stereocenters. The number of nitrogens with zero attached hydrogens (tertiary/aromatic N) is 2. The Hall–Kier alpha value is -8.22. The first-order valence-corrected chi connectivity index (χ1v) is 22.9. The fourth-order valence-corrected chi connectivity index (χ4v) is 9.16. The number of aromatic amines is 2. The molecule has 2 aliphatic heterocycles. The van der Waals surface area contributed by atoms with Crippen molar-refractivity contribution in [2.24, 2.45) is 0 Å². The molecule has 0 fully saturated rings. The lowest BCUT2D eigenvalue weighted by atomic mass is 9.99. The molecular weight excluding hydrogens is 809 g/mol. The van der Waals surface area contributed by atoms with Gasteiger partial charge in [0.05, 0.1) is 35.3 Å². The highest BCUT2D eigenvalue weighted by atomic mass is 16.5. The van der Waals surface area contributed by atoms with Gasteiger partial charge in [0.25, 0.3) is 0 Å². The summed E-state index contributed by atoms with van der Waals surface area (Å²) in [6, 6.07) is 63.6. The van der Waals surface area contributed by atoms with Crippen LogP contribution in [0.1, 0.15) is 49.0 Å². The van der Waals surface area contributed by atoms with E-state index in [2.05, 4.69) is 211 Å². The van der Waals surface area contributed by atoms with Crippen LogP contribution in [-0.4, -0.2) is 32.6 Å². The third kappa shape index (κ3) is 8.33. The minimum Gasteiger partial charge on any atom is -0.490 e. The number of aromatic nitrogens is 4. The molecule has 2 N–H and O–H groups in total. The van der Waals surface area contributed by atoms with Crippen LogP contribution in [-0.2, 0) is 0 Å². The van der Waals surface area contributed by atoms with E-state index >= 15 is 0 Å². The first kappa shape index (κ1) is 40.5. The van der Waals surface area contributed by atoms with Crippen molar-refractivity contribution in [3.63, 3.8) is 0 Å². The van der Waals surface area contributed by atoms with Crippen molar-refractivity contribution in [3.8, 4) is 56.0 Å². The highest BCUT2D eigenvalue weighted by molar-refractivity contribution is 5.98. The number of rotatable bonds is 12. The Bertz CT molecular complexity index is 3440. The lowest BCUT2D eigenvalue weighted by molar-refractivity contribution is 0.173.